The van der Waals surface area contributed by atoms with Crippen LogP contribution in [0.15, 0.2) is 46.9 Å². The number of benzene rings is 2. The summed E-state index contributed by atoms with van der Waals surface area (Å²) in [5.41, 5.74) is 5.65. The standard InChI is InChI=1S/C14H14BrFN2/c1-9-5-6-11(8-13(9)15)14(18-17)10-3-2-4-12(16)7-10/h2-8,14,18H,17H2,1H3. The average Bonchev–Trinajstić information content (AvgIpc) is 2.35. The third kappa shape index (κ3) is 2.77. The summed E-state index contributed by atoms with van der Waals surface area (Å²) in [6.07, 6.45) is 0. The first-order valence-corrected chi connectivity index (χ1v) is 6.39. The van der Waals surface area contributed by atoms with Gasteiger partial charge in [-0.25, -0.2) is 9.82 Å². The van der Waals surface area contributed by atoms with Crippen molar-refractivity contribution in [3.8, 4) is 0 Å². The highest BCUT2D eigenvalue weighted by Gasteiger charge is 2.13. The van der Waals surface area contributed by atoms with Crippen molar-refractivity contribution in [1.82, 2.24) is 5.43 Å². The van der Waals surface area contributed by atoms with Gasteiger partial charge >= 0.3 is 0 Å². The van der Waals surface area contributed by atoms with E-state index in [2.05, 4.69) is 21.4 Å². The van der Waals surface area contributed by atoms with Crippen LogP contribution in [0.2, 0.25) is 0 Å². The van der Waals surface area contributed by atoms with Gasteiger partial charge < -0.3 is 0 Å². The quantitative estimate of drug-likeness (QED) is 0.673. The maximum Gasteiger partial charge on any atom is 0.123 e. The van der Waals surface area contributed by atoms with Gasteiger partial charge in [0.05, 0.1) is 6.04 Å². The molecular weight excluding hydrogens is 295 g/mol. The first-order chi connectivity index (χ1) is 8.61. The second-order valence-corrected chi connectivity index (χ2v) is 5.02. The molecule has 0 aliphatic rings. The summed E-state index contributed by atoms with van der Waals surface area (Å²) in [6, 6.07) is 12.2. The molecule has 0 saturated heterocycles. The molecule has 0 spiro atoms. The monoisotopic (exact) mass is 308 g/mol. The van der Waals surface area contributed by atoms with Crippen LogP contribution in [0, 0.1) is 12.7 Å². The number of hydrogen-bond acceptors (Lipinski definition) is 2. The molecule has 0 amide bonds. The third-order valence-corrected chi connectivity index (χ3v) is 3.73. The van der Waals surface area contributed by atoms with Gasteiger partial charge in [0.15, 0.2) is 0 Å². The summed E-state index contributed by atoms with van der Waals surface area (Å²) in [6.45, 7) is 2.01. The number of nitrogens with one attached hydrogen (secondary N) is 1. The van der Waals surface area contributed by atoms with Crippen LogP contribution in [0.5, 0.6) is 0 Å². The van der Waals surface area contributed by atoms with Crippen LogP contribution in [-0.2, 0) is 0 Å². The van der Waals surface area contributed by atoms with Gasteiger partial charge in [-0.05, 0) is 41.8 Å². The largest absolute Gasteiger partial charge is 0.271 e. The predicted molar refractivity (Wildman–Crippen MR) is 74.4 cm³/mol. The van der Waals surface area contributed by atoms with Gasteiger partial charge in [0, 0.05) is 4.47 Å². The lowest BCUT2D eigenvalue weighted by molar-refractivity contribution is 0.605. The molecule has 0 radical (unpaired) electrons. The molecule has 0 fully saturated rings. The first kappa shape index (κ1) is 13.2. The summed E-state index contributed by atoms with van der Waals surface area (Å²) in [5.74, 6) is 5.32. The Hall–Kier alpha value is -1.23. The van der Waals surface area contributed by atoms with Gasteiger partial charge in [-0.3, -0.25) is 5.84 Å². The van der Waals surface area contributed by atoms with Crippen LogP contribution in [0.4, 0.5) is 4.39 Å². The van der Waals surface area contributed by atoms with Crippen LogP contribution in [0.25, 0.3) is 0 Å². The molecule has 2 aromatic carbocycles. The van der Waals surface area contributed by atoms with Crippen molar-refractivity contribution in [3.63, 3.8) is 0 Å². The number of halogens is 2. The minimum Gasteiger partial charge on any atom is -0.271 e. The van der Waals surface area contributed by atoms with Gasteiger partial charge in [0.1, 0.15) is 5.82 Å². The lowest BCUT2D eigenvalue weighted by Crippen LogP contribution is -2.28. The van der Waals surface area contributed by atoms with E-state index in [9.17, 15) is 4.39 Å². The second-order valence-electron chi connectivity index (χ2n) is 4.16. The predicted octanol–water partition coefficient (Wildman–Crippen LogP) is 3.45. The van der Waals surface area contributed by atoms with Crippen molar-refractivity contribution in [2.45, 2.75) is 13.0 Å². The Kier molecular flexibility index (Phi) is 4.11. The molecule has 0 aromatic heterocycles. The third-order valence-electron chi connectivity index (χ3n) is 2.88. The van der Waals surface area contributed by atoms with Crippen molar-refractivity contribution in [2.24, 2.45) is 5.84 Å². The minimum absolute atomic E-state index is 0.224. The summed E-state index contributed by atoms with van der Waals surface area (Å²) in [7, 11) is 0. The Morgan fingerprint density at radius 2 is 1.89 bits per heavy atom. The zero-order valence-electron chi connectivity index (χ0n) is 9.95. The SMILES string of the molecule is Cc1ccc(C(NN)c2cccc(F)c2)cc1Br. The lowest BCUT2D eigenvalue weighted by Gasteiger charge is -2.17. The second kappa shape index (κ2) is 5.61. The van der Waals surface area contributed by atoms with Crippen LogP contribution >= 0.6 is 15.9 Å². The van der Waals surface area contributed by atoms with Gasteiger partial charge in [-0.15, -0.1) is 0 Å². The molecule has 3 N–H and O–H groups in total. The van der Waals surface area contributed by atoms with E-state index in [-0.39, 0.29) is 11.9 Å². The van der Waals surface area contributed by atoms with E-state index >= 15 is 0 Å². The van der Waals surface area contributed by atoms with E-state index in [4.69, 9.17) is 5.84 Å². The molecule has 0 heterocycles. The fourth-order valence-corrected chi connectivity index (χ4v) is 2.26. The number of hydrogen-bond donors (Lipinski definition) is 2. The molecule has 94 valence electrons. The van der Waals surface area contributed by atoms with Gasteiger partial charge in [0.25, 0.3) is 0 Å². The highest BCUT2D eigenvalue weighted by molar-refractivity contribution is 9.10. The first-order valence-electron chi connectivity index (χ1n) is 5.59. The van der Waals surface area contributed by atoms with Crippen LogP contribution in [0.3, 0.4) is 0 Å². The molecular formula is C14H14BrFN2. The molecule has 0 bridgehead atoms. The van der Waals surface area contributed by atoms with Crippen LogP contribution in [0.1, 0.15) is 22.7 Å². The lowest BCUT2D eigenvalue weighted by atomic mass is 9.98. The van der Waals surface area contributed by atoms with E-state index in [0.717, 1.165) is 21.2 Å². The molecule has 2 nitrogen and oxygen atoms in total. The number of hydrazine groups is 1. The van der Waals surface area contributed by atoms with Crippen molar-refractivity contribution < 1.29 is 4.39 Å². The van der Waals surface area contributed by atoms with E-state index in [0.29, 0.717) is 0 Å². The number of aryl methyl sites for hydroxylation is 1. The summed E-state index contributed by atoms with van der Waals surface area (Å²) in [5, 5.41) is 0. The van der Waals surface area contributed by atoms with Crippen molar-refractivity contribution >= 4 is 15.9 Å². The van der Waals surface area contributed by atoms with Crippen LogP contribution < -0.4 is 11.3 Å². The summed E-state index contributed by atoms with van der Waals surface area (Å²) < 4.78 is 14.3. The zero-order valence-corrected chi connectivity index (χ0v) is 11.5. The van der Waals surface area contributed by atoms with Gasteiger partial charge in [-0.1, -0.05) is 40.2 Å². The van der Waals surface area contributed by atoms with E-state index in [1.54, 1.807) is 6.07 Å². The topological polar surface area (TPSA) is 38.0 Å². The highest BCUT2D eigenvalue weighted by atomic mass is 79.9. The maximum absolute atomic E-state index is 13.2. The molecule has 2 aromatic rings. The highest BCUT2D eigenvalue weighted by Crippen LogP contribution is 2.26. The zero-order chi connectivity index (χ0) is 13.1. The molecule has 0 aliphatic heterocycles. The van der Waals surface area contributed by atoms with Crippen molar-refractivity contribution in [3.05, 3.63) is 69.4 Å². The Morgan fingerprint density at radius 1 is 1.17 bits per heavy atom. The average molecular weight is 309 g/mol. The molecule has 1 unspecified atom stereocenters. The van der Waals surface area contributed by atoms with Crippen LogP contribution in [-0.4, -0.2) is 0 Å². The minimum atomic E-state index is -0.265. The molecule has 2 rings (SSSR count). The molecule has 0 aliphatic carbocycles. The van der Waals surface area contributed by atoms with Gasteiger partial charge in [-0.2, -0.15) is 0 Å². The fourth-order valence-electron chi connectivity index (χ4n) is 1.86. The molecule has 4 heteroatoms. The number of rotatable bonds is 3. The maximum atomic E-state index is 13.2. The molecule has 1 atom stereocenters. The number of nitrogens with two attached hydrogens (primary N) is 1. The van der Waals surface area contributed by atoms with E-state index in [1.165, 1.54) is 12.1 Å². The Bertz CT molecular complexity index is 557. The summed E-state index contributed by atoms with van der Waals surface area (Å²) in [4.78, 5) is 0. The Labute approximate surface area is 114 Å². The Morgan fingerprint density at radius 3 is 2.50 bits per heavy atom. The van der Waals surface area contributed by atoms with Crippen molar-refractivity contribution in [2.75, 3.05) is 0 Å². The van der Waals surface area contributed by atoms with Crippen molar-refractivity contribution in [1.29, 1.82) is 0 Å². The Balaban J connectivity index is 2.42. The van der Waals surface area contributed by atoms with E-state index < -0.39 is 0 Å². The molecule has 0 saturated carbocycles. The normalized spacial score (nSPS) is 12.4. The van der Waals surface area contributed by atoms with E-state index in [1.807, 2.05) is 31.2 Å². The summed E-state index contributed by atoms with van der Waals surface area (Å²) >= 11 is 3.49. The molecule has 18 heavy (non-hydrogen) atoms. The van der Waals surface area contributed by atoms with Gasteiger partial charge in [0.2, 0.25) is 0 Å². The fraction of sp³-hybridized carbons (Fsp3) is 0.143. The smallest absolute Gasteiger partial charge is 0.123 e.